The molecule has 0 aromatic heterocycles. The maximum atomic E-state index is 12.1. The molecule has 0 atom stereocenters. The first-order valence-electron chi connectivity index (χ1n) is 5.69. The van der Waals surface area contributed by atoms with E-state index < -0.39 is 0 Å². The highest BCUT2D eigenvalue weighted by molar-refractivity contribution is 9.11. The van der Waals surface area contributed by atoms with Gasteiger partial charge in [0.2, 0.25) is 0 Å². The Morgan fingerprint density at radius 3 is 2.39 bits per heavy atom. The summed E-state index contributed by atoms with van der Waals surface area (Å²) in [5, 5.41) is 0. The lowest BCUT2D eigenvalue weighted by Gasteiger charge is -2.04. The lowest BCUT2D eigenvalue weighted by molar-refractivity contribution is 0.0982. The Morgan fingerprint density at radius 2 is 1.72 bits per heavy atom. The van der Waals surface area contributed by atoms with E-state index in [0.717, 1.165) is 20.9 Å². The van der Waals surface area contributed by atoms with Crippen molar-refractivity contribution in [1.82, 2.24) is 0 Å². The summed E-state index contributed by atoms with van der Waals surface area (Å²) in [4.78, 5) is 12.1. The van der Waals surface area contributed by atoms with Crippen molar-refractivity contribution in [2.75, 3.05) is 0 Å². The van der Waals surface area contributed by atoms with E-state index in [1.807, 2.05) is 48.5 Å². The molecular formula is C15H12Br2O. The zero-order valence-corrected chi connectivity index (χ0v) is 12.9. The van der Waals surface area contributed by atoms with Crippen LogP contribution in [0.15, 0.2) is 57.5 Å². The maximum Gasteiger partial charge on any atom is 0.164 e. The smallest absolute Gasteiger partial charge is 0.164 e. The molecule has 0 bridgehead atoms. The molecule has 0 saturated heterocycles. The fraction of sp³-hybridized carbons (Fsp3) is 0.133. The van der Waals surface area contributed by atoms with Gasteiger partial charge in [-0.25, -0.2) is 0 Å². The van der Waals surface area contributed by atoms with E-state index in [-0.39, 0.29) is 5.78 Å². The number of hydrogen-bond acceptors (Lipinski definition) is 1. The minimum Gasteiger partial charge on any atom is -0.294 e. The molecule has 0 saturated carbocycles. The monoisotopic (exact) mass is 366 g/mol. The van der Waals surface area contributed by atoms with Crippen LogP contribution in [0.1, 0.15) is 22.3 Å². The summed E-state index contributed by atoms with van der Waals surface area (Å²) in [7, 11) is 0. The number of halogens is 2. The molecule has 2 aromatic rings. The molecule has 3 heteroatoms. The van der Waals surface area contributed by atoms with Crippen molar-refractivity contribution in [2.24, 2.45) is 0 Å². The fourth-order valence-electron chi connectivity index (χ4n) is 1.75. The predicted molar refractivity (Wildman–Crippen MR) is 80.9 cm³/mol. The van der Waals surface area contributed by atoms with E-state index in [1.54, 1.807) is 0 Å². The van der Waals surface area contributed by atoms with Crippen LogP contribution in [0.5, 0.6) is 0 Å². The number of rotatable bonds is 4. The van der Waals surface area contributed by atoms with Crippen LogP contribution < -0.4 is 0 Å². The number of benzene rings is 2. The summed E-state index contributed by atoms with van der Waals surface area (Å²) in [5.74, 6) is 0.165. The molecule has 18 heavy (non-hydrogen) atoms. The van der Waals surface area contributed by atoms with Crippen LogP contribution in [-0.4, -0.2) is 5.78 Å². The zero-order valence-electron chi connectivity index (χ0n) is 9.70. The normalized spacial score (nSPS) is 10.3. The molecule has 0 heterocycles. The quantitative estimate of drug-likeness (QED) is 0.693. The van der Waals surface area contributed by atoms with Crippen molar-refractivity contribution in [3.8, 4) is 0 Å². The lowest BCUT2D eigenvalue weighted by Crippen LogP contribution is -2.02. The highest BCUT2D eigenvalue weighted by atomic mass is 79.9. The van der Waals surface area contributed by atoms with Gasteiger partial charge in [0.15, 0.2) is 5.78 Å². The molecule has 92 valence electrons. The molecule has 0 unspecified atom stereocenters. The number of hydrogen-bond donors (Lipinski definition) is 0. The van der Waals surface area contributed by atoms with Gasteiger partial charge in [0.1, 0.15) is 0 Å². The first kappa shape index (κ1) is 13.5. The fourth-order valence-corrected chi connectivity index (χ4v) is 3.02. The van der Waals surface area contributed by atoms with E-state index in [9.17, 15) is 4.79 Å². The summed E-state index contributed by atoms with van der Waals surface area (Å²) in [6.45, 7) is 0. The van der Waals surface area contributed by atoms with Crippen LogP contribution in [0.3, 0.4) is 0 Å². The second kappa shape index (κ2) is 6.30. The Morgan fingerprint density at radius 1 is 1.00 bits per heavy atom. The van der Waals surface area contributed by atoms with E-state index in [4.69, 9.17) is 0 Å². The minimum atomic E-state index is 0.165. The lowest BCUT2D eigenvalue weighted by atomic mass is 10.0. The van der Waals surface area contributed by atoms with Gasteiger partial charge in [-0.2, -0.15) is 0 Å². The largest absolute Gasteiger partial charge is 0.294 e. The number of Topliss-reactive ketones (excluding diaryl/α,β-unsaturated/α-hetero) is 1. The van der Waals surface area contributed by atoms with Crippen molar-refractivity contribution in [3.63, 3.8) is 0 Å². The summed E-state index contributed by atoms with van der Waals surface area (Å²) in [6, 6.07) is 15.7. The molecule has 0 fully saturated rings. The number of carbonyl (C=O) groups excluding carboxylic acids is 1. The van der Waals surface area contributed by atoms with Gasteiger partial charge >= 0.3 is 0 Å². The first-order valence-corrected chi connectivity index (χ1v) is 7.27. The predicted octanol–water partition coefficient (Wildman–Crippen LogP) is 5.03. The van der Waals surface area contributed by atoms with E-state index >= 15 is 0 Å². The summed E-state index contributed by atoms with van der Waals surface area (Å²) < 4.78 is 1.81. The van der Waals surface area contributed by atoms with Gasteiger partial charge in [-0.1, -0.05) is 62.2 Å². The topological polar surface area (TPSA) is 17.1 Å². The number of ketones is 1. The maximum absolute atomic E-state index is 12.1. The highest BCUT2D eigenvalue weighted by Crippen LogP contribution is 2.23. The Bertz CT molecular complexity index is 550. The Hall–Kier alpha value is -0.930. The molecule has 2 rings (SSSR count). The second-order valence-electron chi connectivity index (χ2n) is 4.03. The molecular weight excluding hydrogens is 356 g/mol. The SMILES string of the molecule is O=C(CCc1ccccc1)c1ccc(Br)cc1Br. The van der Waals surface area contributed by atoms with Gasteiger partial charge in [-0.3, -0.25) is 4.79 Å². The van der Waals surface area contributed by atoms with E-state index in [1.165, 1.54) is 5.56 Å². The van der Waals surface area contributed by atoms with Crippen LogP contribution in [0.4, 0.5) is 0 Å². The average molecular weight is 368 g/mol. The van der Waals surface area contributed by atoms with Crippen molar-refractivity contribution in [1.29, 1.82) is 0 Å². The van der Waals surface area contributed by atoms with Crippen LogP contribution in [0, 0.1) is 0 Å². The molecule has 0 aliphatic rings. The molecule has 2 aromatic carbocycles. The van der Waals surface area contributed by atoms with Crippen LogP contribution in [-0.2, 0) is 6.42 Å². The minimum absolute atomic E-state index is 0.165. The van der Waals surface area contributed by atoms with Crippen LogP contribution in [0.2, 0.25) is 0 Å². The zero-order chi connectivity index (χ0) is 13.0. The molecule has 0 spiro atoms. The van der Waals surface area contributed by atoms with Gasteiger partial charge < -0.3 is 0 Å². The summed E-state index contributed by atoms with van der Waals surface area (Å²) in [5.41, 5.74) is 1.94. The Balaban J connectivity index is 2.04. The van der Waals surface area contributed by atoms with Gasteiger partial charge in [-0.05, 0) is 30.2 Å². The molecule has 1 nitrogen and oxygen atoms in total. The third-order valence-electron chi connectivity index (χ3n) is 2.72. The number of carbonyl (C=O) groups is 1. The third-order valence-corrected chi connectivity index (χ3v) is 3.86. The summed E-state index contributed by atoms with van der Waals surface area (Å²) >= 11 is 6.80. The molecule has 0 aliphatic heterocycles. The van der Waals surface area contributed by atoms with Crippen molar-refractivity contribution >= 4 is 37.6 Å². The molecule has 0 aliphatic carbocycles. The van der Waals surface area contributed by atoms with E-state index in [2.05, 4.69) is 31.9 Å². The standard InChI is InChI=1S/C15H12Br2O/c16-12-7-8-13(14(17)10-12)15(18)9-6-11-4-2-1-3-5-11/h1-5,7-8,10H,6,9H2. The van der Waals surface area contributed by atoms with Crippen LogP contribution in [0.25, 0.3) is 0 Å². The van der Waals surface area contributed by atoms with Gasteiger partial charge in [0, 0.05) is 20.9 Å². The molecule has 0 amide bonds. The van der Waals surface area contributed by atoms with Crippen molar-refractivity contribution < 1.29 is 4.79 Å². The van der Waals surface area contributed by atoms with Crippen molar-refractivity contribution in [3.05, 3.63) is 68.6 Å². The molecule has 0 N–H and O–H groups in total. The first-order chi connectivity index (χ1) is 8.66. The number of aryl methyl sites for hydroxylation is 1. The Kier molecular flexibility index (Phi) is 4.72. The van der Waals surface area contributed by atoms with Crippen LogP contribution >= 0.6 is 31.9 Å². The third kappa shape index (κ3) is 3.53. The van der Waals surface area contributed by atoms with Gasteiger partial charge in [-0.15, -0.1) is 0 Å². The molecule has 0 radical (unpaired) electrons. The van der Waals surface area contributed by atoms with Crippen molar-refractivity contribution in [2.45, 2.75) is 12.8 Å². The average Bonchev–Trinajstić information content (AvgIpc) is 2.37. The van der Waals surface area contributed by atoms with E-state index in [0.29, 0.717) is 6.42 Å². The van der Waals surface area contributed by atoms with Gasteiger partial charge in [0.05, 0.1) is 0 Å². The Labute approximate surface area is 123 Å². The highest BCUT2D eigenvalue weighted by Gasteiger charge is 2.10. The summed E-state index contributed by atoms with van der Waals surface area (Å²) in [6.07, 6.45) is 1.31. The second-order valence-corrected chi connectivity index (χ2v) is 5.80. The van der Waals surface area contributed by atoms with Gasteiger partial charge in [0.25, 0.3) is 0 Å².